The molecule has 2 aliphatic rings. The van der Waals surface area contributed by atoms with Crippen LogP contribution in [0.15, 0.2) is 23.1 Å². The normalized spacial score (nSPS) is 24.7. The highest BCUT2D eigenvalue weighted by Gasteiger charge is 2.32. The Balaban J connectivity index is 1.76. The first-order valence-corrected chi connectivity index (χ1v) is 11.6. The van der Waals surface area contributed by atoms with Crippen molar-refractivity contribution in [3.8, 4) is 0 Å². The minimum absolute atomic E-state index is 0.00263. The van der Waals surface area contributed by atoms with E-state index in [-0.39, 0.29) is 29.3 Å². The van der Waals surface area contributed by atoms with E-state index in [0.29, 0.717) is 31.3 Å². The van der Waals surface area contributed by atoms with Crippen LogP contribution >= 0.6 is 0 Å². The van der Waals surface area contributed by atoms with Crippen LogP contribution in [0.3, 0.4) is 0 Å². The fourth-order valence-corrected chi connectivity index (χ4v) is 5.84. The summed E-state index contributed by atoms with van der Waals surface area (Å²) in [6.07, 6.45) is 1.70. The smallest absolute Gasteiger partial charge is 0.243 e. The number of carbonyl (C=O) groups excluding carboxylic acids is 2. The van der Waals surface area contributed by atoms with Crippen molar-refractivity contribution in [3.63, 3.8) is 0 Å². The predicted octanol–water partition coefficient (Wildman–Crippen LogP) is 2.11. The standard InChI is InChI=1S/C21H31N3O4S/c1-14-8-15(2)12-23(11-14)21(26)13-22(5)29(27,28)19-6-7-20-18(10-19)9-16(3)24(20)17(4)25/h6-7,10,14-16H,8-9,11-13H2,1-5H3/t14-,15+,16-/m0/s1. The second-order valence-electron chi connectivity index (χ2n) is 8.74. The number of likely N-dealkylation sites (tertiary alicyclic amines) is 1. The lowest BCUT2D eigenvalue weighted by atomic mass is 9.92. The molecular weight excluding hydrogens is 390 g/mol. The van der Waals surface area contributed by atoms with Gasteiger partial charge >= 0.3 is 0 Å². The lowest BCUT2D eigenvalue weighted by Gasteiger charge is -2.35. The Kier molecular flexibility index (Phi) is 6.06. The summed E-state index contributed by atoms with van der Waals surface area (Å²) >= 11 is 0. The first-order chi connectivity index (χ1) is 13.5. The van der Waals surface area contributed by atoms with Gasteiger partial charge in [0, 0.05) is 38.8 Å². The average Bonchev–Trinajstić information content (AvgIpc) is 2.95. The number of rotatable bonds is 4. The monoisotopic (exact) mass is 421 g/mol. The molecule has 3 atom stereocenters. The summed E-state index contributed by atoms with van der Waals surface area (Å²) in [5.74, 6) is 0.631. The van der Waals surface area contributed by atoms with Gasteiger partial charge in [0.15, 0.2) is 0 Å². The van der Waals surface area contributed by atoms with E-state index in [1.54, 1.807) is 21.9 Å². The third kappa shape index (κ3) is 4.33. The van der Waals surface area contributed by atoms with Crippen LogP contribution in [-0.2, 0) is 26.0 Å². The maximum Gasteiger partial charge on any atom is 0.243 e. The van der Waals surface area contributed by atoms with E-state index in [1.807, 2.05) is 6.92 Å². The summed E-state index contributed by atoms with van der Waals surface area (Å²) in [5.41, 5.74) is 1.60. The third-order valence-electron chi connectivity index (χ3n) is 5.89. The number of anilines is 1. The highest BCUT2D eigenvalue weighted by atomic mass is 32.2. The lowest BCUT2D eigenvalue weighted by Crippen LogP contribution is -2.47. The molecule has 1 saturated heterocycles. The maximum atomic E-state index is 13.1. The molecule has 160 valence electrons. The van der Waals surface area contributed by atoms with Crippen LogP contribution < -0.4 is 4.90 Å². The van der Waals surface area contributed by atoms with E-state index in [1.165, 1.54) is 20.0 Å². The zero-order valence-electron chi connectivity index (χ0n) is 17.9. The van der Waals surface area contributed by atoms with Crippen LogP contribution in [0.4, 0.5) is 5.69 Å². The first-order valence-electron chi connectivity index (χ1n) is 10.2. The molecule has 0 aromatic heterocycles. The summed E-state index contributed by atoms with van der Waals surface area (Å²) in [6, 6.07) is 4.85. The van der Waals surface area contributed by atoms with E-state index in [9.17, 15) is 18.0 Å². The van der Waals surface area contributed by atoms with E-state index < -0.39 is 10.0 Å². The van der Waals surface area contributed by atoms with Gasteiger partial charge in [0.25, 0.3) is 0 Å². The van der Waals surface area contributed by atoms with Gasteiger partial charge < -0.3 is 9.80 Å². The van der Waals surface area contributed by atoms with Crippen molar-refractivity contribution < 1.29 is 18.0 Å². The van der Waals surface area contributed by atoms with Crippen molar-refractivity contribution in [2.45, 2.75) is 51.5 Å². The number of hydrogen-bond acceptors (Lipinski definition) is 4. The predicted molar refractivity (Wildman–Crippen MR) is 112 cm³/mol. The topological polar surface area (TPSA) is 78.0 Å². The number of nitrogens with zero attached hydrogens (tertiary/aromatic N) is 3. The zero-order chi connectivity index (χ0) is 21.5. The number of benzene rings is 1. The van der Waals surface area contributed by atoms with Gasteiger partial charge in [-0.2, -0.15) is 4.31 Å². The van der Waals surface area contributed by atoms with E-state index in [2.05, 4.69) is 13.8 Å². The quantitative estimate of drug-likeness (QED) is 0.746. The van der Waals surface area contributed by atoms with E-state index in [4.69, 9.17) is 0 Å². The molecule has 0 N–H and O–H groups in total. The Morgan fingerprint density at radius 1 is 1.14 bits per heavy atom. The molecule has 1 aromatic rings. The molecule has 3 rings (SSSR count). The van der Waals surface area contributed by atoms with Gasteiger partial charge in [-0.1, -0.05) is 13.8 Å². The second-order valence-corrected chi connectivity index (χ2v) is 10.8. The molecule has 0 radical (unpaired) electrons. The fraction of sp³-hybridized carbons (Fsp3) is 0.619. The van der Waals surface area contributed by atoms with Gasteiger partial charge in [-0.3, -0.25) is 9.59 Å². The van der Waals surface area contributed by atoms with Gasteiger partial charge in [-0.15, -0.1) is 0 Å². The van der Waals surface area contributed by atoms with Gasteiger partial charge in [0.1, 0.15) is 0 Å². The lowest BCUT2D eigenvalue weighted by molar-refractivity contribution is -0.133. The Bertz CT molecular complexity index is 905. The molecule has 1 aromatic carbocycles. The molecule has 0 aliphatic carbocycles. The van der Waals surface area contributed by atoms with Crippen molar-refractivity contribution in [3.05, 3.63) is 23.8 Å². The summed E-state index contributed by atoms with van der Waals surface area (Å²) in [5, 5.41) is 0. The molecule has 0 saturated carbocycles. The van der Waals surface area contributed by atoms with Crippen LogP contribution in [0, 0.1) is 11.8 Å². The number of sulfonamides is 1. The van der Waals surface area contributed by atoms with Crippen molar-refractivity contribution in [1.29, 1.82) is 0 Å². The van der Waals surface area contributed by atoms with Gasteiger partial charge in [0.2, 0.25) is 21.8 Å². The fourth-order valence-electron chi connectivity index (χ4n) is 4.67. The van der Waals surface area contributed by atoms with Crippen LogP contribution in [0.5, 0.6) is 0 Å². The highest BCUT2D eigenvalue weighted by molar-refractivity contribution is 7.89. The number of fused-ring (bicyclic) bond motifs is 1. The summed E-state index contributed by atoms with van der Waals surface area (Å²) < 4.78 is 27.2. The minimum Gasteiger partial charge on any atom is -0.341 e. The van der Waals surface area contributed by atoms with Crippen molar-refractivity contribution in [1.82, 2.24) is 9.21 Å². The Morgan fingerprint density at radius 3 is 2.34 bits per heavy atom. The summed E-state index contributed by atoms with van der Waals surface area (Å²) in [6.45, 7) is 8.87. The Morgan fingerprint density at radius 2 is 1.76 bits per heavy atom. The van der Waals surface area contributed by atoms with E-state index >= 15 is 0 Å². The first kappa shape index (κ1) is 21.8. The van der Waals surface area contributed by atoms with Gasteiger partial charge in [-0.25, -0.2) is 8.42 Å². The average molecular weight is 422 g/mol. The molecule has 2 amide bonds. The SMILES string of the molecule is CC(=O)N1c2ccc(S(=O)(=O)N(C)CC(=O)N3C[C@H](C)C[C@H](C)C3)cc2C[C@@H]1C. The minimum atomic E-state index is -3.79. The molecule has 8 heteroatoms. The van der Waals surface area contributed by atoms with Crippen LogP contribution in [0.25, 0.3) is 0 Å². The largest absolute Gasteiger partial charge is 0.341 e. The van der Waals surface area contributed by atoms with Crippen molar-refractivity contribution in [2.24, 2.45) is 11.8 Å². The van der Waals surface area contributed by atoms with Crippen molar-refractivity contribution in [2.75, 3.05) is 31.6 Å². The molecule has 1 fully saturated rings. The molecule has 29 heavy (non-hydrogen) atoms. The van der Waals surface area contributed by atoms with Crippen molar-refractivity contribution >= 4 is 27.5 Å². The maximum absolute atomic E-state index is 13.1. The Hall–Kier alpha value is -1.93. The second kappa shape index (κ2) is 8.07. The van der Waals surface area contributed by atoms with Crippen LogP contribution in [0.1, 0.15) is 39.7 Å². The Labute approximate surface area is 173 Å². The van der Waals surface area contributed by atoms with Crippen LogP contribution in [0.2, 0.25) is 0 Å². The number of carbonyl (C=O) groups is 2. The molecule has 0 unspecified atom stereocenters. The summed E-state index contributed by atoms with van der Waals surface area (Å²) in [4.78, 5) is 28.2. The molecule has 2 aliphatic heterocycles. The molecular formula is C21H31N3O4S. The molecule has 2 heterocycles. The number of likely N-dealkylation sites (N-methyl/N-ethyl adjacent to an activating group) is 1. The summed E-state index contributed by atoms with van der Waals surface area (Å²) in [7, 11) is -2.35. The molecule has 7 nitrogen and oxygen atoms in total. The van der Waals surface area contributed by atoms with Gasteiger partial charge in [-0.05, 0) is 55.4 Å². The molecule has 0 bridgehead atoms. The number of amides is 2. The molecule has 0 spiro atoms. The highest BCUT2D eigenvalue weighted by Crippen LogP contribution is 2.34. The zero-order valence-corrected chi connectivity index (χ0v) is 18.7. The third-order valence-corrected chi connectivity index (χ3v) is 7.69. The number of hydrogen-bond donors (Lipinski definition) is 0. The van der Waals surface area contributed by atoms with Gasteiger partial charge in [0.05, 0.1) is 11.4 Å². The number of piperidine rings is 1. The van der Waals surface area contributed by atoms with Crippen LogP contribution in [-0.4, -0.2) is 62.2 Å². The van der Waals surface area contributed by atoms with E-state index in [0.717, 1.165) is 22.0 Å².